The largest absolute Gasteiger partial charge is 0.496 e. The number of aliphatic hydroxyl groups is 1. The maximum atomic E-state index is 11.5. The van der Waals surface area contributed by atoms with Crippen molar-refractivity contribution < 1.29 is 14.6 Å². The van der Waals surface area contributed by atoms with E-state index in [-0.39, 0.29) is 6.10 Å². The highest BCUT2D eigenvalue weighted by molar-refractivity contribution is 5.34. The minimum absolute atomic E-state index is 0.233. The number of benzene rings is 2. The molecule has 4 rings (SSSR count). The standard InChI is InChI=1S/C29H42N2O3/c1-22(2)18-31(19-23-13-14-24-9-5-4-6-10-25(24)17-23)29(32)28-21-30(15-16-34-28)20-26-11-7-8-12-27(26)33-3/h7-8,11-14,17,22,28-29,32H,4-6,9-10,15-16,18-21H2,1-3H3. The highest BCUT2D eigenvalue weighted by atomic mass is 16.5. The Morgan fingerprint density at radius 3 is 2.68 bits per heavy atom. The van der Waals surface area contributed by atoms with Crippen LogP contribution in [-0.2, 0) is 30.7 Å². The number of fused-ring (bicyclic) bond motifs is 1. The molecule has 1 saturated heterocycles. The number of hydrogen-bond donors (Lipinski definition) is 1. The molecule has 2 aromatic carbocycles. The molecule has 2 aromatic rings. The van der Waals surface area contributed by atoms with Crippen LogP contribution in [0.4, 0.5) is 0 Å². The van der Waals surface area contributed by atoms with Gasteiger partial charge in [-0.25, -0.2) is 0 Å². The molecule has 0 spiro atoms. The lowest BCUT2D eigenvalue weighted by molar-refractivity contribution is -0.148. The third kappa shape index (κ3) is 6.60. The zero-order valence-electron chi connectivity index (χ0n) is 21.2. The number of rotatable bonds is 9. The summed E-state index contributed by atoms with van der Waals surface area (Å²) in [5, 5.41) is 11.5. The number of hydrogen-bond acceptors (Lipinski definition) is 5. The maximum absolute atomic E-state index is 11.5. The van der Waals surface area contributed by atoms with E-state index in [4.69, 9.17) is 9.47 Å². The molecule has 1 aliphatic carbocycles. The number of methoxy groups -OCH3 is 1. The van der Waals surface area contributed by atoms with Gasteiger partial charge in [0.25, 0.3) is 0 Å². The van der Waals surface area contributed by atoms with E-state index in [1.165, 1.54) is 54.4 Å². The van der Waals surface area contributed by atoms with E-state index in [0.29, 0.717) is 19.1 Å². The molecular formula is C29H42N2O3. The topological polar surface area (TPSA) is 45.2 Å². The molecule has 2 aliphatic rings. The summed E-state index contributed by atoms with van der Waals surface area (Å²) in [6.07, 6.45) is 5.42. The van der Waals surface area contributed by atoms with Crippen LogP contribution in [0.25, 0.3) is 0 Å². The molecule has 1 heterocycles. The number of nitrogens with zero attached hydrogens (tertiary/aromatic N) is 2. The summed E-state index contributed by atoms with van der Waals surface area (Å²) in [6, 6.07) is 15.1. The molecule has 0 bridgehead atoms. The smallest absolute Gasteiger partial charge is 0.135 e. The van der Waals surface area contributed by atoms with Crippen LogP contribution in [0.5, 0.6) is 5.75 Å². The summed E-state index contributed by atoms with van der Waals surface area (Å²) in [4.78, 5) is 4.57. The fourth-order valence-corrected chi connectivity index (χ4v) is 5.40. The van der Waals surface area contributed by atoms with Crippen molar-refractivity contribution in [3.8, 4) is 5.75 Å². The quantitative estimate of drug-likeness (QED) is 0.431. The van der Waals surface area contributed by atoms with E-state index in [9.17, 15) is 5.11 Å². The van der Waals surface area contributed by atoms with Gasteiger partial charge in [-0.2, -0.15) is 0 Å². The van der Waals surface area contributed by atoms with Crippen molar-refractivity contribution in [1.29, 1.82) is 0 Å². The Balaban J connectivity index is 1.44. The number of ether oxygens (including phenoxy) is 2. The van der Waals surface area contributed by atoms with Crippen LogP contribution in [0.1, 0.15) is 55.4 Å². The first-order chi connectivity index (χ1) is 16.5. The molecule has 5 nitrogen and oxygen atoms in total. The minimum atomic E-state index is -0.637. The van der Waals surface area contributed by atoms with Crippen LogP contribution in [-0.4, -0.2) is 60.6 Å². The molecule has 1 N–H and O–H groups in total. The molecule has 0 aromatic heterocycles. The lowest BCUT2D eigenvalue weighted by Gasteiger charge is -2.40. The third-order valence-corrected chi connectivity index (χ3v) is 7.12. The molecule has 0 radical (unpaired) electrons. The lowest BCUT2D eigenvalue weighted by Crippen LogP contribution is -2.53. The van der Waals surface area contributed by atoms with Gasteiger partial charge in [-0.15, -0.1) is 0 Å². The summed E-state index contributed by atoms with van der Waals surface area (Å²) in [7, 11) is 1.72. The van der Waals surface area contributed by atoms with Crippen molar-refractivity contribution in [3.05, 3.63) is 64.7 Å². The van der Waals surface area contributed by atoms with E-state index in [1.54, 1.807) is 7.11 Å². The minimum Gasteiger partial charge on any atom is -0.496 e. The van der Waals surface area contributed by atoms with Crippen LogP contribution in [0.3, 0.4) is 0 Å². The van der Waals surface area contributed by atoms with Crippen molar-refractivity contribution in [1.82, 2.24) is 9.80 Å². The Morgan fingerprint density at radius 2 is 1.88 bits per heavy atom. The Hall–Kier alpha value is -1.92. The van der Waals surface area contributed by atoms with Gasteiger partial charge in [-0.3, -0.25) is 9.80 Å². The second kappa shape index (κ2) is 12.2. The van der Waals surface area contributed by atoms with Gasteiger partial charge in [0, 0.05) is 38.3 Å². The molecule has 5 heteroatoms. The highest BCUT2D eigenvalue weighted by Gasteiger charge is 2.31. The molecule has 0 amide bonds. The second-order valence-corrected chi connectivity index (χ2v) is 10.4. The average Bonchev–Trinajstić information content (AvgIpc) is 3.08. The fraction of sp³-hybridized carbons (Fsp3) is 0.586. The Bertz CT molecular complexity index is 916. The number of aliphatic hydroxyl groups excluding tert-OH is 1. The molecule has 1 fully saturated rings. The van der Waals surface area contributed by atoms with E-state index < -0.39 is 6.23 Å². The number of para-hydroxylation sites is 1. The van der Waals surface area contributed by atoms with Crippen molar-refractivity contribution in [3.63, 3.8) is 0 Å². The Morgan fingerprint density at radius 1 is 1.09 bits per heavy atom. The zero-order valence-corrected chi connectivity index (χ0v) is 21.2. The first-order valence-corrected chi connectivity index (χ1v) is 13.0. The summed E-state index contributed by atoms with van der Waals surface area (Å²) >= 11 is 0. The van der Waals surface area contributed by atoms with E-state index in [2.05, 4.69) is 54.0 Å². The highest BCUT2D eigenvalue weighted by Crippen LogP contribution is 2.25. The van der Waals surface area contributed by atoms with Gasteiger partial charge in [0.2, 0.25) is 0 Å². The molecule has 1 aliphatic heterocycles. The molecule has 2 unspecified atom stereocenters. The van der Waals surface area contributed by atoms with Crippen molar-refractivity contribution in [2.45, 2.75) is 71.4 Å². The van der Waals surface area contributed by atoms with Crippen LogP contribution in [0, 0.1) is 5.92 Å². The van der Waals surface area contributed by atoms with Crippen molar-refractivity contribution in [2.75, 3.05) is 33.4 Å². The first-order valence-electron chi connectivity index (χ1n) is 13.0. The predicted molar refractivity (Wildman–Crippen MR) is 137 cm³/mol. The summed E-state index contributed by atoms with van der Waals surface area (Å²) < 4.78 is 11.6. The van der Waals surface area contributed by atoms with E-state index in [1.807, 2.05) is 12.1 Å². The first kappa shape index (κ1) is 25.2. The average molecular weight is 467 g/mol. The van der Waals surface area contributed by atoms with Crippen LogP contribution in [0.15, 0.2) is 42.5 Å². The van der Waals surface area contributed by atoms with Gasteiger partial charge in [-0.1, -0.05) is 56.7 Å². The second-order valence-electron chi connectivity index (χ2n) is 10.4. The van der Waals surface area contributed by atoms with Gasteiger partial charge in [0.1, 0.15) is 18.1 Å². The molecule has 0 saturated carbocycles. The summed E-state index contributed by atoms with van der Waals surface area (Å²) in [5.41, 5.74) is 5.48. The Labute approximate surface area is 205 Å². The van der Waals surface area contributed by atoms with E-state index >= 15 is 0 Å². The normalized spacial score (nSPS) is 20.2. The monoisotopic (exact) mass is 466 g/mol. The van der Waals surface area contributed by atoms with Crippen molar-refractivity contribution in [2.24, 2.45) is 5.92 Å². The third-order valence-electron chi connectivity index (χ3n) is 7.12. The Kier molecular flexibility index (Phi) is 9.01. The lowest BCUT2D eigenvalue weighted by atomic mass is 9.99. The fourth-order valence-electron chi connectivity index (χ4n) is 5.40. The van der Waals surface area contributed by atoms with Gasteiger partial charge >= 0.3 is 0 Å². The SMILES string of the molecule is COc1ccccc1CN1CCOC(C(O)N(Cc2ccc3c(c2)CCCCC3)CC(C)C)C1. The van der Waals surface area contributed by atoms with Gasteiger partial charge < -0.3 is 14.6 Å². The van der Waals surface area contributed by atoms with Gasteiger partial charge in [-0.05, 0) is 54.4 Å². The van der Waals surface area contributed by atoms with Gasteiger partial charge in [0.15, 0.2) is 0 Å². The van der Waals surface area contributed by atoms with Crippen LogP contribution >= 0.6 is 0 Å². The molecule has 186 valence electrons. The summed E-state index contributed by atoms with van der Waals surface area (Å²) in [5.74, 6) is 1.37. The molecule has 2 atom stereocenters. The van der Waals surface area contributed by atoms with Crippen LogP contribution < -0.4 is 4.74 Å². The number of morpholine rings is 1. The zero-order chi connectivity index (χ0) is 23.9. The van der Waals surface area contributed by atoms with Gasteiger partial charge in [0.05, 0.1) is 13.7 Å². The summed E-state index contributed by atoms with van der Waals surface area (Å²) in [6.45, 7) is 9.01. The van der Waals surface area contributed by atoms with Crippen LogP contribution in [0.2, 0.25) is 0 Å². The molecule has 34 heavy (non-hydrogen) atoms. The number of aryl methyl sites for hydroxylation is 2. The molecular weight excluding hydrogens is 424 g/mol. The van der Waals surface area contributed by atoms with E-state index in [0.717, 1.165) is 31.9 Å². The predicted octanol–water partition coefficient (Wildman–Crippen LogP) is 4.64. The maximum Gasteiger partial charge on any atom is 0.135 e. The van der Waals surface area contributed by atoms with Crippen molar-refractivity contribution >= 4 is 0 Å².